The van der Waals surface area contributed by atoms with Crippen molar-refractivity contribution in [3.8, 4) is 11.4 Å². The van der Waals surface area contributed by atoms with Gasteiger partial charge in [-0.2, -0.15) is 5.10 Å². The fraction of sp³-hybridized carbons (Fsp3) is 0.231. The molecule has 0 bridgehead atoms. The van der Waals surface area contributed by atoms with Gasteiger partial charge in [-0.1, -0.05) is 0 Å². The molecule has 18 heavy (non-hydrogen) atoms. The van der Waals surface area contributed by atoms with Gasteiger partial charge in [-0.3, -0.25) is 4.79 Å². The zero-order chi connectivity index (χ0) is 13.0. The maximum Gasteiger partial charge on any atom is 0.303 e. The maximum atomic E-state index is 10.5. The van der Waals surface area contributed by atoms with Gasteiger partial charge in [0.2, 0.25) is 0 Å². The Morgan fingerprint density at radius 1 is 1.39 bits per heavy atom. The van der Waals surface area contributed by atoms with Crippen molar-refractivity contribution in [2.24, 2.45) is 0 Å². The van der Waals surface area contributed by atoms with Crippen molar-refractivity contribution in [2.45, 2.75) is 12.8 Å². The Bertz CT molecular complexity index is 531. The molecular weight excluding hydrogens is 232 g/mol. The van der Waals surface area contributed by atoms with E-state index in [1.54, 1.807) is 18.0 Å². The summed E-state index contributed by atoms with van der Waals surface area (Å²) in [5.41, 5.74) is 1.82. The number of benzene rings is 1. The van der Waals surface area contributed by atoms with Crippen molar-refractivity contribution < 1.29 is 14.6 Å². The lowest BCUT2D eigenvalue weighted by molar-refractivity contribution is -0.136. The molecule has 0 fully saturated rings. The number of aliphatic carboxylic acids is 1. The van der Waals surface area contributed by atoms with Crippen LogP contribution >= 0.6 is 0 Å². The molecular formula is C13H14N2O3. The Balaban J connectivity index is 2.10. The second kappa shape index (κ2) is 5.35. The highest BCUT2D eigenvalue weighted by Crippen LogP contribution is 2.15. The average molecular weight is 246 g/mol. The number of aryl methyl sites for hydroxylation is 1. The van der Waals surface area contributed by atoms with Gasteiger partial charge in [0.1, 0.15) is 5.75 Å². The van der Waals surface area contributed by atoms with Crippen LogP contribution in [0, 0.1) is 0 Å². The molecule has 0 aliphatic rings. The summed E-state index contributed by atoms with van der Waals surface area (Å²) in [7, 11) is 1.62. The summed E-state index contributed by atoms with van der Waals surface area (Å²) >= 11 is 0. The van der Waals surface area contributed by atoms with Crippen molar-refractivity contribution in [1.29, 1.82) is 0 Å². The van der Waals surface area contributed by atoms with Crippen molar-refractivity contribution >= 4 is 5.97 Å². The summed E-state index contributed by atoms with van der Waals surface area (Å²) in [6, 6.07) is 7.50. The second-order valence-corrected chi connectivity index (χ2v) is 3.88. The molecule has 1 aromatic carbocycles. The van der Waals surface area contributed by atoms with Crippen LogP contribution in [-0.4, -0.2) is 28.0 Å². The number of carboxylic acids is 1. The van der Waals surface area contributed by atoms with E-state index >= 15 is 0 Å². The fourth-order valence-corrected chi connectivity index (χ4v) is 1.62. The third-order valence-corrected chi connectivity index (χ3v) is 2.60. The summed E-state index contributed by atoms with van der Waals surface area (Å²) in [4.78, 5) is 10.5. The number of ether oxygens (including phenoxy) is 1. The van der Waals surface area contributed by atoms with Crippen molar-refractivity contribution in [3.63, 3.8) is 0 Å². The number of hydrogen-bond donors (Lipinski definition) is 1. The van der Waals surface area contributed by atoms with Crippen molar-refractivity contribution in [3.05, 3.63) is 42.2 Å². The number of rotatable bonds is 5. The lowest BCUT2D eigenvalue weighted by atomic mass is 10.2. The molecule has 0 atom stereocenters. The third-order valence-electron chi connectivity index (χ3n) is 2.60. The van der Waals surface area contributed by atoms with E-state index in [2.05, 4.69) is 5.10 Å². The van der Waals surface area contributed by atoms with Crippen molar-refractivity contribution in [1.82, 2.24) is 9.78 Å². The highest BCUT2D eigenvalue weighted by molar-refractivity contribution is 5.67. The quantitative estimate of drug-likeness (QED) is 0.875. The van der Waals surface area contributed by atoms with E-state index in [-0.39, 0.29) is 6.42 Å². The molecule has 0 radical (unpaired) electrons. The smallest absolute Gasteiger partial charge is 0.303 e. The van der Waals surface area contributed by atoms with Gasteiger partial charge in [0, 0.05) is 12.6 Å². The molecule has 0 saturated heterocycles. The molecule has 0 saturated carbocycles. The SMILES string of the molecule is COc1ccc(-n2cc(CCC(=O)O)cn2)cc1. The van der Waals surface area contributed by atoms with Gasteiger partial charge in [-0.15, -0.1) is 0 Å². The maximum absolute atomic E-state index is 10.5. The van der Waals surface area contributed by atoms with E-state index in [1.165, 1.54) is 0 Å². The molecule has 2 rings (SSSR count). The van der Waals surface area contributed by atoms with Crippen LogP contribution in [0.3, 0.4) is 0 Å². The third kappa shape index (κ3) is 2.88. The summed E-state index contributed by atoms with van der Waals surface area (Å²) in [6.07, 6.45) is 4.14. The predicted molar refractivity (Wildman–Crippen MR) is 66.1 cm³/mol. The average Bonchev–Trinajstić information content (AvgIpc) is 2.85. The van der Waals surface area contributed by atoms with Gasteiger partial charge >= 0.3 is 5.97 Å². The van der Waals surface area contributed by atoms with Crippen LogP contribution in [0.5, 0.6) is 5.75 Å². The zero-order valence-electron chi connectivity index (χ0n) is 10.0. The van der Waals surface area contributed by atoms with E-state index in [0.717, 1.165) is 17.0 Å². The van der Waals surface area contributed by atoms with E-state index < -0.39 is 5.97 Å². The zero-order valence-corrected chi connectivity index (χ0v) is 10.0. The molecule has 0 aliphatic carbocycles. The minimum Gasteiger partial charge on any atom is -0.497 e. The Morgan fingerprint density at radius 3 is 2.72 bits per heavy atom. The Kier molecular flexibility index (Phi) is 3.62. The number of carbonyl (C=O) groups is 1. The van der Waals surface area contributed by atoms with Crippen LogP contribution in [0.2, 0.25) is 0 Å². The number of methoxy groups -OCH3 is 1. The minimum absolute atomic E-state index is 0.119. The van der Waals surface area contributed by atoms with Crippen LogP contribution in [0.4, 0.5) is 0 Å². The number of nitrogens with zero attached hydrogens (tertiary/aromatic N) is 2. The summed E-state index contributed by atoms with van der Waals surface area (Å²) in [5, 5.41) is 12.8. The molecule has 0 amide bonds. The molecule has 0 unspecified atom stereocenters. The Hall–Kier alpha value is -2.30. The largest absolute Gasteiger partial charge is 0.497 e. The first-order valence-corrected chi connectivity index (χ1v) is 5.59. The molecule has 1 aromatic heterocycles. The summed E-state index contributed by atoms with van der Waals surface area (Å²) < 4.78 is 6.80. The van der Waals surface area contributed by atoms with Crippen LogP contribution in [-0.2, 0) is 11.2 Å². The lowest BCUT2D eigenvalue weighted by Gasteiger charge is -2.02. The normalized spacial score (nSPS) is 10.3. The first kappa shape index (κ1) is 12.2. The van der Waals surface area contributed by atoms with E-state index in [0.29, 0.717) is 6.42 Å². The van der Waals surface area contributed by atoms with E-state index in [1.807, 2.05) is 30.5 Å². The highest BCUT2D eigenvalue weighted by Gasteiger charge is 2.03. The van der Waals surface area contributed by atoms with E-state index in [4.69, 9.17) is 9.84 Å². The van der Waals surface area contributed by atoms with Crippen molar-refractivity contribution in [2.75, 3.05) is 7.11 Å². The summed E-state index contributed by atoms with van der Waals surface area (Å²) in [5.74, 6) is -0.01000. The van der Waals surface area contributed by atoms with Gasteiger partial charge in [0.25, 0.3) is 0 Å². The predicted octanol–water partition coefficient (Wildman–Crippen LogP) is 1.90. The number of hydrogen-bond acceptors (Lipinski definition) is 3. The molecule has 2 aromatic rings. The molecule has 0 aliphatic heterocycles. The van der Waals surface area contributed by atoms with Gasteiger partial charge in [0.15, 0.2) is 0 Å². The molecule has 5 heteroatoms. The monoisotopic (exact) mass is 246 g/mol. The second-order valence-electron chi connectivity index (χ2n) is 3.88. The van der Waals surface area contributed by atoms with Crippen LogP contribution in [0.25, 0.3) is 5.69 Å². The molecule has 0 spiro atoms. The van der Waals surface area contributed by atoms with Gasteiger partial charge in [-0.05, 0) is 36.2 Å². The minimum atomic E-state index is -0.799. The number of carboxylic acid groups (broad SMARTS) is 1. The van der Waals surface area contributed by atoms with Gasteiger partial charge in [-0.25, -0.2) is 4.68 Å². The molecule has 1 heterocycles. The topological polar surface area (TPSA) is 64.3 Å². The Morgan fingerprint density at radius 2 is 2.11 bits per heavy atom. The standard InChI is InChI=1S/C13H14N2O3/c1-18-12-5-3-11(4-6-12)15-9-10(8-14-15)2-7-13(16)17/h3-6,8-9H,2,7H2,1H3,(H,16,17). The van der Waals surface area contributed by atoms with Gasteiger partial charge < -0.3 is 9.84 Å². The first-order valence-electron chi connectivity index (χ1n) is 5.59. The van der Waals surface area contributed by atoms with Crippen LogP contribution in [0.1, 0.15) is 12.0 Å². The summed E-state index contributed by atoms with van der Waals surface area (Å²) in [6.45, 7) is 0. The molecule has 94 valence electrons. The molecule has 5 nitrogen and oxygen atoms in total. The van der Waals surface area contributed by atoms with Crippen LogP contribution < -0.4 is 4.74 Å². The lowest BCUT2D eigenvalue weighted by Crippen LogP contribution is -1.97. The Labute approximate surface area is 105 Å². The van der Waals surface area contributed by atoms with E-state index in [9.17, 15) is 4.79 Å². The highest BCUT2D eigenvalue weighted by atomic mass is 16.5. The first-order chi connectivity index (χ1) is 8.69. The van der Waals surface area contributed by atoms with Gasteiger partial charge in [0.05, 0.1) is 19.0 Å². The number of aromatic nitrogens is 2. The van der Waals surface area contributed by atoms with Crippen LogP contribution in [0.15, 0.2) is 36.7 Å². The molecule has 1 N–H and O–H groups in total. The fourth-order valence-electron chi connectivity index (χ4n) is 1.62.